The van der Waals surface area contributed by atoms with Crippen molar-refractivity contribution in [2.24, 2.45) is 0 Å². The average Bonchev–Trinajstić information content (AvgIpc) is 3.07. The Labute approximate surface area is 107 Å². The number of carbonyl (C=O) groups excluding carboxylic acids is 1. The van der Waals surface area contributed by atoms with Gasteiger partial charge in [-0.25, -0.2) is 0 Å². The van der Waals surface area contributed by atoms with Crippen molar-refractivity contribution < 1.29 is 19.0 Å². The van der Waals surface area contributed by atoms with E-state index in [-0.39, 0.29) is 6.10 Å². The molecule has 1 heterocycles. The molecule has 4 nitrogen and oxygen atoms in total. The van der Waals surface area contributed by atoms with Gasteiger partial charge in [-0.3, -0.25) is 0 Å². The quantitative estimate of drug-likeness (QED) is 0.421. The number of benzene rings is 1. The molecule has 0 N–H and O–H groups in total. The molecule has 1 aromatic carbocycles. The molecular formula is C14H18O4. The van der Waals surface area contributed by atoms with Gasteiger partial charge in [0.15, 0.2) is 6.29 Å². The number of carbonyl (C=O) groups is 1. The zero-order valence-corrected chi connectivity index (χ0v) is 10.7. The van der Waals surface area contributed by atoms with Gasteiger partial charge in [0, 0.05) is 13.0 Å². The highest BCUT2D eigenvalue weighted by atomic mass is 16.6. The first-order valence-electron chi connectivity index (χ1n) is 6.03. The van der Waals surface area contributed by atoms with Crippen LogP contribution in [-0.4, -0.2) is 31.7 Å². The summed E-state index contributed by atoms with van der Waals surface area (Å²) in [6.07, 6.45) is 1.64. The molecule has 0 amide bonds. The Morgan fingerprint density at radius 1 is 1.39 bits per heavy atom. The van der Waals surface area contributed by atoms with Crippen LogP contribution in [0.15, 0.2) is 24.3 Å². The summed E-state index contributed by atoms with van der Waals surface area (Å²) >= 11 is 0. The molecule has 98 valence electrons. The van der Waals surface area contributed by atoms with Crippen molar-refractivity contribution in [2.75, 3.05) is 13.7 Å². The van der Waals surface area contributed by atoms with E-state index < -0.39 is 5.60 Å². The van der Waals surface area contributed by atoms with E-state index in [2.05, 4.69) is 0 Å². The number of methoxy groups -OCH3 is 1. The van der Waals surface area contributed by atoms with Gasteiger partial charge in [-0.1, -0.05) is 12.1 Å². The number of rotatable bonds is 7. The number of hydrogen-bond acceptors (Lipinski definition) is 4. The third-order valence-electron chi connectivity index (χ3n) is 3.16. The number of hydrogen-bond donors (Lipinski definition) is 0. The molecule has 0 aromatic heterocycles. The summed E-state index contributed by atoms with van der Waals surface area (Å²) in [5.74, 6) is 0.840. The van der Waals surface area contributed by atoms with E-state index in [0.717, 1.165) is 24.0 Å². The first-order valence-corrected chi connectivity index (χ1v) is 6.03. The van der Waals surface area contributed by atoms with Gasteiger partial charge in [-0.05, 0) is 24.6 Å². The minimum Gasteiger partial charge on any atom is -0.497 e. The summed E-state index contributed by atoms with van der Waals surface area (Å²) in [5.41, 5.74) is 0.536. The normalized spacial score (nSPS) is 25.8. The lowest BCUT2D eigenvalue weighted by Gasteiger charge is -2.05. The minimum absolute atomic E-state index is 0.0193. The molecule has 0 spiro atoms. The number of aldehydes is 1. The lowest BCUT2D eigenvalue weighted by Crippen LogP contribution is -2.12. The van der Waals surface area contributed by atoms with Gasteiger partial charge < -0.3 is 19.0 Å². The van der Waals surface area contributed by atoms with Crippen LogP contribution in [0.3, 0.4) is 0 Å². The van der Waals surface area contributed by atoms with E-state index >= 15 is 0 Å². The maximum absolute atomic E-state index is 10.6. The molecular weight excluding hydrogens is 232 g/mol. The summed E-state index contributed by atoms with van der Waals surface area (Å²) in [6.45, 7) is 2.96. The smallest absolute Gasteiger partial charge is 0.154 e. The van der Waals surface area contributed by atoms with Crippen LogP contribution in [-0.2, 0) is 20.9 Å². The molecule has 1 aromatic rings. The van der Waals surface area contributed by atoms with Gasteiger partial charge in [0.1, 0.15) is 11.4 Å². The van der Waals surface area contributed by atoms with E-state index in [1.807, 2.05) is 24.3 Å². The first kappa shape index (κ1) is 13.1. The van der Waals surface area contributed by atoms with Crippen molar-refractivity contribution in [3.8, 4) is 5.75 Å². The Bertz CT molecular complexity index is 401. The predicted molar refractivity (Wildman–Crippen MR) is 66.6 cm³/mol. The summed E-state index contributed by atoms with van der Waals surface area (Å²) < 4.78 is 15.9. The van der Waals surface area contributed by atoms with Crippen molar-refractivity contribution in [2.45, 2.75) is 31.7 Å². The second-order valence-corrected chi connectivity index (χ2v) is 4.60. The zero-order valence-electron chi connectivity index (χ0n) is 10.7. The molecule has 0 saturated carbocycles. The van der Waals surface area contributed by atoms with Gasteiger partial charge in [0.2, 0.25) is 0 Å². The molecule has 4 heteroatoms. The second kappa shape index (κ2) is 5.50. The van der Waals surface area contributed by atoms with Crippen LogP contribution >= 0.6 is 0 Å². The largest absolute Gasteiger partial charge is 0.497 e. The highest BCUT2D eigenvalue weighted by Crippen LogP contribution is 2.36. The summed E-state index contributed by atoms with van der Waals surface area (Å²) in [7, 11) is 1.64. The van der Waals surface area contributed by atoms with E-state index in [9.17, 15) is 4.79 Å². The molecule has 0 radical (unpaired) electrons. The van der Waals surface area contributed by atoms with Crippen LogP contribution < -0.4 is 4.74 Å². The standard InChI is InChI=1S/C14H18O4/c1-14(10-15)13(18-14)7-8-17-9-11-3-5-12(16-2)6-4-11/h3-6,10,13H,7-9H2,1-2H3/t13-,14+/m0/s1. The van der Waals surface area contributed by atoms with Crippen molar-refractivity contribution in [3.05, 3.63) is 29.8 Å². The van der Waals surface area contributed by atoms with Crippen LogP contribution in [0, 0.1) is 0 Å². The van der Waals surface area contributed by atoms with Crippen LogP contribution in [0.1, 0.15) is 18.9 Å². The highest BCUT2D eigenvalue weighted by Gasteiger charge is 2.51. The molecule has 1 fully saturated rings. The van der Waals surface area contributed by atoms with Gasteiger partial charge in [-0.2, -0.15) is 0 Å². The Hall–Kier alpha value is -1.39. The Morgan fingerprint density at radius 3 is 2.67 bits per heavy atom. The van der Waals surface area contributed by atoms with Gasteiger partial charge in [-0.15, -0.1) is 0 Å². The minimum atomic E-state index is -0.566. The van der Waals surface area contributed by atoms with Crippen molar-refractivity contribution >= 4 is 6.29 Å². The molecule has 2 rings (SSSR count). The average molecular weight is 250 g/mol. The number of epoxide rings is 1. The molecule has 0 bridgehead atoms. The summed E-state index contributed by atoms with van der Waals surface area (Å²) in [5, 5.41) is 0. The van der Waals surface area contributed by atoms with E-state index in [0.29, 0.717) is 13.2 Å². The maximum Gasteiger partial charge on any atom is 0.154 e. The molecule has 1 aliphatic rings. The molecule has 2 atom stereocenters. The number of ether oxygens (including phenoxy) is 3. The molecule has 1 saturated heterocycles. The fraction of sp³-hybridized carbons (Fsp3) is 0.500. The van der Waals surface area contributed by atoms with E-state index in [1.165, 1.54) is 0 Å². The monoisotopic (exact) mass is 250 g/mol. The topological polar surface area (TPSA) is 48.1 Å². The van der Waals surface area contributed by atoms with Gasteiger partial charge in [0.05, 0.1) is 19.8 Å². The van der Waals surface area contributed by atoms with Crippen LogP contribution in [0.2, 0.25) is 0 Å². The molecule has 1 aliphatic heterocycles. The van der Waals surface area contributed by atoms with Crippen molar-refractivity contribution in [1.29, 1.82) is 0 Å². The first-order chi connectivity index (χ1) is 8.68. The molecule has 0 unspecified atom stereocenters. The van der Waals surface area contributed by atoms with Crippen LogP contribution in [0.4, 0.5) is 0 Å². The van der Waals surface area contributed by atoms with E-state index in [1.54, 1.807) is 14.0 Å². The van der Waals surface area contributed by atoms with Gasteiger partial charge >= 0.3 is 0 Å². The molecule has 18 heavy (non-hydrogen) atoms. The van der Waals surface area contributed by atoms with Crippen molar-refractivity contribution in [1.82, 2.24) is 0 Å². The Balaban J connectivity index is 1.65. The SMILES string of the molecule is COc1ccc(COCC[C@@H]2O[C@]2(C)C=O)cc1. The maximum atomic E-state index is 10.6. The Morgan fingerprint density at radius 2 is 2.11 bits per heavy atom. The fourth-order valence-corrected chi connectivity index (χ4v) is 1.82. The summed E-state index contributed by atoms with van der Waals surface area (Å²) in [6, 6.07) is 7.77. The fourth-order valence-electron chi connectivity index (χ4n) is 1.82. The lowest BCUT2D eigenvalue weighted by molar-refractivity contribution is -0.111. The Kier molecular flexibility index (Phi) is 3.99. The van der Waals surface area contributed by atoms with Crippen LogP contribution in [0.5, 0.6) is 5.75 Å². The molecule has 0 aliphatic carbocycles. The third-order valence-corrected chi connectivity index (χ3v) is 3.16. The van der Waals surface area contributed by atoms with Gasteiger partial charge in [0.25, 0.3) is 0 Å². The highest BCUT2D eigenvalue weighted by molar-refractivity contribution is 5.66. The lowest BCUT2D eigenvalue weighted by atomic mass is 10.1. The second-order valence-electron chi connectivity index (χ2n) is 4.60. The summed E-state index contributed by atoms with van der Waals surface area (Å²) in [4.78, 5) is 10.6. The van der Waals surface area contributed by atoms with Crippen molar-refractivity contribution in [3.63, 3.8) is 0 Å². The third kappa shape index (κ3) is 3.09. The zero-order chi connectivity index (χ0) is 13.0. The predicted octanol–water partition coefficient (Wildman–Crippen LogP) is 1.96. The van der Waals surface area contributed by atoms with E-state index in [4.69, 9.17) is 14.2 Å². The van der Waals surface area contributed by atoms with Crippen LogP contribution in [0.25, 0.3) is 0 Å².